The molecular weight excluding hydrogens is 260 g/mol. The van der Waals surface area contributed by atoms with Gasteiger partial charge in [0.2, 0.25) is 5.91 Å². The molecule has 3 nitrogen and oxygen atoms in total. The first-order valence-electron chi connectivity index (χ1n) is 6.68. The van der Waals surface area contributed by atoms with Crippen molar-refractivity contribution in [3.05, 3.63) is 35.4 Å². The first-order chi connectivity index (χ1) is 8.56. The van der Waals surface area contributed by atoms with Gasteiger partial charge in [-0.05, 0) is 38.2 Å². The second-order valence-corrected chi connectivity index (χ2v) is 5.47. The van der Waals surface area contributed by atoms with Gasteiger partial charge in [-0.25, -0.2) is 0 Å². The van der Waals surface area contributed by atoms with Crippen LogP contribution in [-0.2, 0) is 4.79 Å². The summed E-state index contributed by atoms with van der Waals surface area (Å²) in [6.45, 7) is 3.93. The monoisotopic (exact) mass is 282 g/mol. The van der Waals surface area contributed by atoms with E-state index in [1.165, 1.54) is 24.0 Å². The summed E-state index contributed by atoms with van der Waals surface area (Å²) < 4.78 is 0. The standard InChI is InChI=1S/C15H22N2O.ClH/c1-10-3-5-12(6-4-10)15(13-7-8-13)17-14(18)9-11(2)16;/h3-6,11,13,15H,7-9,16H2,1-2H3,(H,17,18);1H. The van der Waals surface area contributed by atoms with E-state index in [1.807, 2.05) is 6.92 Å². The minimum absolute atomic E-state index is 0. The zero-order valence-electron chi connectivity index (χ0n) is 11.6. The lowest BCUT2D eigenvalue weighted by Gasteiger charge is -2.19. The summed E-state index contributed by atoms with van der Waals surface area (Å²) in [5.74, 6) is 0.659. The predicted molar refractivity (Wildman–Crippen MR) is 80.3 cm³/mol. The molecule has 1 fully saturated rings. The molecule has 2 atom stereocenters. The van der Waals surface area contributed by atoms with E-state index in [9.17, 15) is 4.79 Å². The molecule has 1 amide bonds. The molecule has 4 heteroatoms. The molecule has 0 spiro atoms. The number of carbonyl (C=O) groups is 1. The quantitative estimate of drug-likeness (QED) is 0.872. The van der Waals surface area contributed by atoms with Crippen LogP contribution in [0.4, 0.5) is 0 Å². The van der Waals surface area contributed by atoms with E-state index in [0.29, 0.717) is 12.3 Å². The fraction of sp³-hybridized carbons (Fsp3) is 0.533. The van der Waals surface area contributed by atoms with Gasteiger partial charge in [0.25, 0.3) is 0 Å². The third-order valence-corrected chi connectivity index (χ3v) is 3.35. The number of nitrogens with two attached hydrogens (primary N) is 1. The second-order valence-electron chi connectivity index (χ2n) is 5.47. The van der Waals surface area contributed by atoms with Gasteiger partial charge in [0.1, 0.15) is 0 Å². The highest BCUT2D eigenvalue weighted by atomic mass is 35.5. The number of nitrogens with one attached hydrogen (secondary N) is 1. The van der Waals surface area contributed by atoms with Gasteiger partial charge < -0.3 is 11.1 Å². The van der Waals surface area contributed by atoms with Gasteiger partial charge in [0.05, 0.1) is 6.04 Å². The van der Waals surface area contributed by atoms with Crippen molar-refractivity contribution >= 4 is 18.3 Å². The Kier molecular flexibility index (Phi) is 5.83. The Morgan fingerprint density at radius 2 is 1.95 bits per heavy atom. The van der Waals surface area contributed by atoms with Crippen molar-refractivity contribution in [2.75, 3.05) is 0 Å². The number of benzene rings is 1. The lowest BCUT2D eigenvalue weighted by molar-refractivity contribution is -0.122. The van der Waals surface area contributed by atoms with E-state index in [4.69, 9.17) is 5.73 Å². The van der Waals surface area contributed by atoms with Gasteiger partial charge >= 0.3 is 0 Å². The van der Waals surface area contributed by atoms with Gasteiger partial charge in [-0.2, -0.15) is 0 Å². The molecule has 2 unspecified atom stereocenters. The zero-order valence-corrected chi connectivity index (χ0v) is 12.4. The SMILES string of the molecule is Cc1ccc(C(NC(=O)CC(C)N)C2CC2)cc1.Cl. The maximum Gasteiger partial charge on any atom is 0.222 e. The predicted octanol–water partition coefficient (Wildman–Crippen LogP) is 2.72. The summed E-state index contributed by atoms with van der Waals surface area (Å²) in [6.07, 6.45) is 2.81. The molecule has 0 aliphatic heterocycles. The minimum Gasteiger partial charge on any atom is -0.349 e. The molecule has 0 radical (unpaired) electrons. The van der Waals surface area contributed by atoms with Crippen LogP contribution in [0.25, 0.3) is 0 Å². The summed E-state index contributed by atoms with van der Waals surface area (Å²) >= 11 is 0. The Labute approximate surface area is 121 Å². The molecule has 0 saturated heterocycles. The zero-order chi connectivity index (χ0) is 13.1. The van der Waals surface area contributed by atoms with E-state index < -0.39 is 0 Å². The van der Waals surface area contributed by atoms with E-state index in [2.05, 4.69) is 36.5 Å². The van der Waals surface area contributed by atoms with Crippen molar-refractivity contribution in [1.29, 1.82) is 0 Å². The van der Waals surface area contributed by atoms with Gasteiger partial charge in [-0.3, -0.25) is 4.79 Å². The maximum absolute atomic E-state index is 11.8. The van der Waals surface area contributed by atoms with Crippen LogP contribution in [0.2, 0.25) is 0 Å². The van der Waals surface area contributed by atoms with Crippen LogP contribution in [0.15, 0.2) is 24.3 Å². The molecule has 2 rings (SSSR count). The van der Waals surface area contributed by atoms with Crippen molar-refractivity contribution in [1.82, 2.24) is 5.32 Å². The maximum atomic E-state index is 11.8. The lowest BCUT2D eigenvalue weighted by Crippen LogP contribution is -2.33. The summed E-state index contributed by atoms with van der Waals surface area (Å²) in [5, 5.41) is 3.13. The Morgan fingerprint density at radius 1 is 1.37 bits per heavy atom. The van der Waals surface area contributed by atoms with Crippen LogP contribution >= 0.6 is 12.4 Å². The van der Waals surface area contributed by atoms with Crippen molar-refractivity contribution in [3.8, 4) is 0 Å². The number of hydrogen-bond donors (Lipinski definition) is 2. The molecule has 1 saturated carbocycles. The summed E-state index contributed by atoms with van der Waals surface area (Å²) in [7, 11) is 0. The van der Waals surface area contributed by atoms with E-state index in [-0.39, 0.29) is 30.4 Å². The third-order valence-electron chi connectivity index (χ3n) is 3.35. The minimum atomic E-state index is -0.0807. The van der Waals surface area contributed by atoms with Gasteiger partial charge in [-0.1, -0.05) is 29.8 Å². The second kappa shape index (κ2) is 6.92. The first-order valence-corrected chi connectivity index (χ1v) is 6.68. The van der Waals surface area contributed by atoms with Crippen LogP contribution in [0, 0.1) is 12.8 Å². The molecular formula is C15H23ClN2O. The highest BCUT2D eigenvalue weighted by molar-refractivity contribution is 5.85. The van der Waals surface area contributed by atoms with Crippen molar-refractivity contribution in [2.24, 2.45) is 11.7 Å². The van der Waals surface area contributed by atoms with Crippen molar-refractivity contribution in [3.63, 3.8) is 0 Å². The highest BCUT2D eigenvalue weighted by Gasteiger charge is 2.33. The Bertz CT molecular complexity index is 413. The normalized spacial score (nSPS) is 17.2. The molecule has 1 aromatic carbocycles. The van der Waals surface area contributed by atoms with Crippen molar-refractivity contribution < 1.29 is 4.79 Å². The molecule has 0 bridgehead atoms. The highest BCUT2D eigenvalue weighted by Crippen LogP contribution is 2.41. The van der Waals surface area contributed by atoms with E-state index in [1.54, 1.807) is 0 Å². The first kappa shape index (κ1) is 16.0. The number of rotatable bonds is 5. The topological polar surface area (TPSA) is 55.1 Å². The summed E-state index contributed by atoms with van der Waals surface area (Å²) in [4.78, 5) is 11.8. The number of hydrogen-bond acceptors (Lipinski definition) is 2. The molecule has 1 aromatic rings. The molecule has 3 N–H and O–H groups in total. The molecule has 106 valence electrons. The number of carbonyl (C=O) groups excluding carboxylic acids is 1. The molecule has 0 heterocycles. The number of halogens is 1. The average molecular weight is 283 g/mol. The largest absolute Gasteiger partial charge is 0.349 e. The summed E-state index contributed by atoms with van der Waals surface area (Å²) in [5.41, 5.74) is 8.11. The fourth-order valence-electron chi connectivity index (χ4n) is 2.20. The van der Waals surface area contributed by atoms with Gasteiger partial charge in [0.15, 0.2) is 0 Å². The van der Waals surface area contributed by atoms with Gasteiger partial charge in [-0.15, -0.1) is 12.4 Å². The van der Waals surface area contributed by atoms with Crippen LogP contribution in [-0.4, -0.2) is 11.9 Å². The van der Waals surface area contributed by atoms with Crippen molar-refractivity contribution in [2.45, 2.75) is 45.2 Å². The number of amides is 1. The van der Waals surface area contributed by atoms with Crippen LogP contribution in [0.3, 0.4) is 0 Å². The third kappa shape index (κ3) is 4.84. The van der Waals surface area contributed by atoms with Gasteiger partial charge in [0, 0.05) is 12.5 Å². The van der Waals surface area contributed by atoms with Crippen LogP contribution < -0.4 is 11.1 Å². The molecule has 1 aliphatic rings. The van der Waals surface area contributed by atoms with Crippen LogP contribution in [0.1, 0.15) is 43.4 Å². The van der Waals surface area contributed by atoms with Crippen LogP contribution in [0.5, 0.6) is 0 Å². The average Bonchev–Trinajstić information content (AvgIpc) is 3.10. The fourth-order valence-corrected chi connectivity index (χ4v) is 2.20. The Balaban J connectivity index is 0.00000180. The molecule has 0 aromatic heterocycles. The van der Waals surface area contributed by atoms with E-state index in [0.717, 1.165) is 0 Å². The molecule has 1 aliphatic carbocycles. The van der Waals surface area contributed by atoms with E-state index >= 15 is 0 Å². The number of aryl methyl sites for hydroxylation is 1. The molecule has 19 heavy (non-hydrogen) atoms. The Morgan fingerprint density at radius 3 is 2.42 bits per heavy atom. The smallest absolute Gasteiger partial charge is 0.222 e. The Hall–Kier alpha value is -1.06. The summed E-state index contributed by atoms with van der Waals surface area (Å²) in [6, 6.07) is 8.51. The lowest BCUT2D eigenvalue weighted by atomic mass is 10.0.